The van der Waals surface area contributed by atoms with E-state index >= 15 is 0 Å². The van der Waals surface area contributed by atoms with E-state index in [-0.39, 0.29) is 11.3 Å². The number of rotatable bonds is 4. The number of Topliss-reactive ketones (excluding diaryl/α,β-unsaturated/α-hetero) is 1. The summed E-state index contributed by atoms with van der Waals surface area (Å²) in [4.78, 5) is 11.4. The normalized spacial score (nSPS) is 10.2. The van der Waals surface area contributed by atoms with E-state index in [0.29, 0.717) is 12.2 Å². The van der Waals surface area contributed by atoms with E-state index in [0.717, 1.165) is 18.2 Å². The summed E-state index contributed by atoms with van der Waals surface area (Å²) in [5.41, 5.74) is 0.108. The van der Waals surface area contributed by atoms with Crippen LogP contribution in [0.1, 0.15) is 16.8 Å². The summed E-state index contributed by atoms with van der Waals surface area (Å²) >= 11 is 1.52. The molecule has 0 saturated carbocycles. The van der Waals surface area contributed by atoms with Crippen LogP contribution in [0, 0.1) is 11.6 Å². The van der Waals surface area contributed by atoms with E-state index in [1.54, 1.807) is 0 Å². The summed E-state index contributed by atoms with van der Waals surface area (Å²) < 4.78 is 25.4. The maximum Gasteiger partial charge on any atom is 0.163 e. The molecule has 0 fully saturated rings. The Morgan fingerprint density at radius 1 is 1.29 bits per heavy atom. The fourth-order valence-corrected chi connectivity index (χ4v) is 1.44. The predicted molar refractivity (Wildman–Crippen MR) is 53.7 cm³/mol. The molecular formula is C10H10F2OS. The number of ketones is 1. The Kier molecular flexibility index (Phi) is 4.07. The molecule has 76 valence electrons. The number of carbonyl (C=O) groups is 1. The van der Waals surface area contributed by atoms with E-state index in [1.165, 1.54) is 11.8 Å². The molecule has 4 heteroatoms. The maximum atomic E-state index is 12.7. The summed E-state index contributed by atoms with van der Waals surface area (Å²) in [6, 6.07) is 2.88. The lowest BCUT2D eigenvalue weighted by Crippen LogP contribution is -2.01. The van der Waals surface area contributed by atoms with Crippen LogP contribution < -0.4 is 0 Å². The number of halogens is 2. The van der Waals surface area contributed by atoms with Crippen molar-refractivity contribution >= 4 is 17.5 Å². The van der Waals surface area contributed by atoms with E-state index in [1.807, 2.05) is 6.26 Å². The molecule has 1 rings (SSSR count). The zero-order chi connectivity index (χ0) is 10.6. The Morgan fingerprint density at radius 2 is 1.86 bits per heavy atom. The molecule has 0 radical (unpaired) electrons. The van der Waals surface area contributed by atoms with Crippen molar-refractivity contribution in [3.8, 4) is 0 Å². The summed E-state index contributed by atoms with van der Waals surface area (Å²) in [6.07, 6.45) is 2.18. The fourth-order valence-electron chi connectivity index (χ4n) is 1.05. The number of benzene rings is 1. The van der Waals surface area contributed by atoms with Crippen LogP contribution in [0.2, 0.25) is 0 Å². The maximum absolute atomic E-state index is 12.7. The van der Waals surface area contributed by atoms with Crippen molar-refractivity contribution in [2.45, 2.75) is 6.42 Å². The number of hydrogen-bond donors (Lipinski definition) is 0. The van der Waals surface area contributed by atoms with Gasteiger partial charge in [0.1, 0.15) is 11.6 Å². The first-order chi connectivity index (χ1) is 6.63. The van der Waals surface area contributed by atoms with Gasteiger partial charge < -0.3 is 0 Å². The van der Waals surface area contributed by atoms with Crippen molar-refractivity contribution in [1.29, 1.82) is 0 Å². The third-order valence-corrected chi connectivity index (χ3v) is 2.33. The molecule has 1 aromatic rings. The van der Waals surface area contributed by atoms with E-state index < -0.39 is 11.6 Å². The third-order valence-electron chi connectivity index (χ3n) is 1.72. The van der Waals surface area contributed by atoms with Crippen molar-refractivity contribution in [3.63, 3.8) is 0 Å². The van der Waals surface area contributed by atoms with Crippen LogP contribution in [0.3, 0.4) is 0 Å². The molecule has 0 N–H and O–H groups in total. The third kappa shape index (κ3) is 3.10. The van der Waals surface area contributed by atoms with Crippen molar-refractivity contribution in [1.82, 2.24) is 0 Å². The van der Waals surface area contributed by atoms with E-state index in [4.69, 9.17) is 0 Å². The van der Waals surface area contributed by atoms with Crippen LogP contribution in [0.5, 0.6) is 0 Å². The van der Waals surface area contributed by atoms with Crippen LogP contribution in [0.25, 0.3) is 0 Å². The van der Waals surface area contributed by atoms with Gasteiger partial charge in [-0.15, -0.1) is 0 Å². The molecule has 14 heavy (non-hydrogen) atoms. The predicted octanol–water partition coefficient (Wildman–Crippen LogP) is 2.90. The largest absolute Gasteiger partial charge is 0.294 e. The number of carbonyl (C=O) groups excluding carboxylic acids is 1. The Bertz CT molecular complexity index is 319. The van der Waals surface area contributed by atoms with Crippen LogP contribution >= 0.6 is 11.8 Å². The van der Waals surface area contributed by atoms with Gasteiger partial charge in [0.25, 0.3) is 0 Å². The fraction of sp³-hybridized carbons (Fsp3) is 0.300. The van der Waals surface area contributed by atoms with Gasteiger partial charge in [0.15, 0.2) is 5.78 Å². The standard InChI is InChI=1S/C10H10F2OS/c1-14-3-2-10(13)7-4-8(11)6-9(12)5-7/h4-6H,2-3H2,1H3. The lowest BCUT2D eigenvalue weighted by molar-refractivity contribution is 0.0988. The van der Waals surface area contributed by atoms with Gasteiger partial charge in [-0.3, -0.25) is 4.79 Å². The Balaban J connectivity index is 2.79. The number of thioether (sulfide) groups is 1. The second-order valence-corrected chi connectivity index (χ2v) is 3.81. The second kappa shape index (κ2) is 5.10. The monoisotopic (exact) mass is 216 g/mol. The lowest BCUT2D eigenvalue weighted by atomic mass is 10.1. The Labute approximate surface area is 85.5 Å². The average Bonchev–Trinajstić information content (AvgIpc) is 2.12. The van der Waals surface area contributed by atoms with Gasteiger partial charge in [-0.2, -0.15) is 11.8 Å². The molecule has 0 spiro atoms. The van der Waals surface area contributed by atoms with E-state index in [2.05, 4.69) is 0 Å². The first-order valence-electron chi connectivity index (χ1n) is 4.11. The highest BCUT2D eigenvalue weighted by atomic mass is 32.2. The smallest absolute Gasteiger partial charge is 0.163 e. The molecule has 0 aliphatic heterocycles. The lowest BCUT2D eigenvalue weighted by Gasteiger charge is -2.00. The SMILES string of the molecule is CSCCC(=O)c1cc(F)cc(F)c1. The van der Waals surface area contributed by atoms with Crippen molar-refractivity contribution < 1.29 is 13.6 Å². The van der Waals surface area contributed by atoms with Crippen molar-refractivity contribution in [2.75, 3.05) is 12.0 Å². The van der Waals surface area contributed by atoms with Crippen LogP contribution in [0.4, 0.5) is 8.78 Å². The van der Waals surface area contributed by atoms with Crippen molar-refractivity contribution in [2.24, 2.45) is 0 Å². The minimum Gasteiger partial charge on any atom is -0.294 e. The van der Waals surface area contributed by atoms with Gasteiger partial charge in [0.2, 0.25) is 0 Å². The number of hydrogen-bond acceptors (Lipinski definition) is 2. The zero-order valence-electron chi connectivity index (χ0n) is 7.72. The van der Waals surface area contributed by atoms with Crippen LogP contribution in [-0.4, -0.2) is 17.8 Å². The minimum atomic E-state index is -0.711. The molecule has 0 bridgehead atoms. The molecule has 0 aliphatic rings. The first kappa shape index (κ1) is 11.2. The van der Waals surface area contributed by atoms with Gasteiger partial charge in [-0.1, -0.05) is 0 Å². The topological polar surface area (TPSA) is 17.1 Å². The highest BCUT2D eigenvalue weighted by molar-refractivity contribution is 7.98. The quantitative estimate of drug-likeness (QED) is 0.720. The van der Waals surface area contributed by atoms with Gasteiger partial charge in [0.05, 0.1) is 0 Å². The second-order valence-electron chi connectivity index (χ2n) is 2.82. The Morgan fingerprint density at radius 3 is 2.36 bits per heavy atom. The van der Waals surface area contributed by atoms with Gasteiger partial charge in [-0.25, -0.2) is 8.78 Å². The van der Waals surface area contributed by atoms with E-state index in [9.17, 15) is 13.6 Å². The molecule has 0 aliphatic carbocycles. The van der Waals surface area contributed by atoms with Crippen LogP contribution in [0.15, 0.2) is 18.2 Å². The highest BCUT2D eigenvalue weighted by Crippen LogP contribution is 2.11. The molecule has 1 aromatic carbocycles. The first-order valence-corrected chi connectivity index (χ1v) is 5.51. The summed E-state index contributed by atoms with van der Waals surface area (Å²) in [5.74, 6) is -0.982. The van der Waals surface area contributed by atoms with Gasteiger partial charge in [-0.05, 0) is 18.4 Å². The summed E-state index contributed by atoms with van der Waals surface area (Å²) in [7, 11) is 0. The summed E-state index contributed by atoms with van der Waals surface area (Å²) in [5, 5.41) is 0. The molecular weight excluding hydrogens is 206 g/mol. The molecule has 0 heterocycles. The summed E-state index contributed by atoms with van der Waals surface area (Å²) in [6.45, 7) is 0. The zero-order valence-corrected chi connectivity index (χ0v) is 8.54. The minimum absolute atomic E-state index is 0.108. The molecule has 0 amide bonds. The molecule has 0 aromatic heterocycles. The van der Waals surface area contributed by atoms with Crippen LogP contribution in [-0.2, 0) is 0 Å². The van der Waals surface area contributed by atoms with Gasteiger partial charge in [0, 0.05) is 23.8 Å². The van der Waals surface area contributed by atoms with Crippen molar-refractivity contribution in [3.05, 3.63) is 35.4 Å². The molecule has 0 atom stereocenters. The highest BCUT2D eigenvalue weighted by Gasteiger charge is 2.08. The van der Waals surface area contributed by atoms with Gasteiger partial charge >= 0.3 is 0 Å². The molecule has 0 saturated heterocycles. The molecule has 1 nitrogen and oxygen atoms in total. The molecule has 0 unspecified atom stereocenters. The Hall–Kier alpha value is -0.900. The average molecular weight is 216 g/mol.